The van der Waals surface area contributed by atoms with Crippen molar-refractivity contribution < 1.29 is 33.0 Å². The second-order valence-electron chi connectivity index (χ2n) is 16.8. The number of hydrogen-bond donors (Lipinski definition) is 0. The molecule has 0 saturated carbocycles. The van der Waals surface area contributed by atoms with E-state index < -0.39 is 12.7 Å². The number of aromatic nitrogens is 4. The number of pyridine rings is 2. The average molecular weight is 972 g/mol. The average Bonchev–Trinajstić information content (AvgIpc) is 3.81. The van der Waals surface area contributed by atoms with Crippen LogP contribution in [0.1, 0.15) is 92.2 Å². The number of aryl methyl sites for hydroxylation is 2. The Bertz CT molecular complexity index is 3040. The van der Waals surface area contributed by atoms with Crippen LogP contribution in [0.3, 0.4) is 0 Å². The third kappa shape index (κ3) is 8.21. The molecule has 4 heterocycles. The molecule has 0 bridgehead atoms. The summed E-state index contributed by atoms with van der Waals surface area (Å²) in [5.74, 6) is 0.810. The van der Waals surface area contributed by atoms with Gasteiger partial charge in [-0.2, -0.15) is 0 Å². The van der Waals surface area contributed by atoms with Gasteiger partial charge >= 0.3 is 0 Å². The molecule has 7 heteroatoms. The van der Waals surface area contributed by atoms with Crippen molar-refractivity contribution in [3.63, 3.8) is 0 Å². The van der Waals surface area contributed by atoms with E-state index in [1.165, 1.54) is 28.3 Å². The molecule has 60 heavy (non-hydrogen) atoms. The van der Waals surface area contributed by atoms with Crippen LogP contribution in [0.2, 0.25) is 0 Å². The van der Waals surface area contributed by atoms with Crippen LogP contribution in [0.15, 0.2) is 126 Å². The second kappa shape index (κ2) is 17.1. The minimum Gasteiger partial charge on any atom is -0.501 e. The Balaban J connectivity index is 0.000000229. The first-order chi connectivity index (χ1) is 29.5. The van der Waals surface area contributed by atoms with Crippen LogP contribution in [0, 0.1) is 31.7 Å². The summed E-state index contributed by atoms with van der Waals surface area (Å²) in [6.45, 7) is 15.0. The molecule has 5 nitrogen and oxygen atoms in total. The van der Waals surface area contributed by atoms with Gasteiger partial charge in [-0.3, -0.25) is 9.37 Å². The molecule has 0 unspecified atom stereocenters. The molecule has 1 radical (unpaired) electrons. The summed E-state index contributed by atoms with van der Waals surface area (Å²) in [7, 11) is 0. The first-order valence-corrected chi connectivity index (χ1v) is 20.1. The molecule has 0 saturated heterocycles. The Morgan fingerprint density at radius 2 is 1.50 bits per heavy atom. The molecular weight excluding hydrogens is 920 g/mol. The summed E-state index contributed by atoms with van der Waals surface area (Å²) in [5.41, 5.74) is 13.0. The Labute approximate surface area is 370 Å². The van der Waals surface area contributed by atoms with Crippen molar-refractivity contribution in [2.75, 3.05) is 0 Å². The molecule has 9 aromatic rings. The predicted molar refractivity (Wildman–Crippen MR) is 241 cm³/mol. The zero-order chi connectivity index (χ0) is 44.1. The van der Waals surface area contributed by atoms with Gasteiger partial charge in [0.05, 0.1) is 16.9 Å². The first-order valence-electron chi connectivity index (χ1n) is 21.6. The Morgan fingerprint density at radius 3 is 2.15 bits per heavy atom. The second-order valence-corrected chi connectivity index (χ2v) is 16.8. The van der Waals surface area contributed by atoms with Crippen LogP contribution in [-0.4, -0.2) is 19.5 Å². The van der Waals surface area contributed by atoms with E-state index in [9.17, 15) is 4.39 Å². The molecule has 9 rings (SSSR count). The van der Waals surface area contributed by atoms with Gasteiger partial charge in [0.2, 0.25) is 0 Å². The van der Waals surface area contributed by atoms with Crippen LogP contribution in [0.4, 0.5) is 4.39 Å². The standard InChI is InChI=1S/C37H32N3O.C16H17FN.Ir/c1-22(2)27-9-6-10-28(23(3)4)34(27)40-36(39-32-13-8-20-38-37(32)40)31-12-7-11-30-29-19-18-26(21-33(29)41-35(30)31)25-16-14-24(5)15-17-25;1-11-5-7-13(14(17)9-11)15-8-6-12(10-18-15)16(2,3)4;/h6-11,13-23H,1-5H3;5-6,8-10H,1-4H3;/q2*-1;/i;1D3;. The number of fused-ring (bicyclic) bond motifs is 4. The minimum atomic E-state index is -2.33. The molecule has 5 aromatic carbocycles. The van der Waals surface area contributed by atoms with Gasteiger partial charge in [0.25, 0.3) is 0 Å². The van der Waals surface area contributed by atoms with Crippen molar-refractivity contribution in [3.8, 4) is 39.5 Å². The third-order valence-electron chi connectivity index (χ3n) is 10.8. The van der Waals surface area contributed by atoms with Crippen LogP contribution in [0.5, 0.6) is 0 Å². The SMILES string of the molecule is Cc1ccc(-c2ccc3c(c2)oc2c(-c4nc5cccnc5n4-c4c(C(C)C)cccc4C(C)C)[c-]ccc23)cc1.[2H]C([2H])([2H])c1c[c-]c(-c2ccc(C(C)(C)C)cn2)c(F)c1.[Ir]. The zero-order valence-corrected chi connectivity index (χ0v) is 37.5. The van der Waals surface area contributed by atoms with E-state index >= 15 is 0 Å². The van der Waals surface area contributed by atoms with E-state index in [4.69, 9.17) is 18.5 Å². The maximum Gasteiger partial charge on any atom is 0.155 e. The zero-order valence-electron chi connectivity index (χ0n) is 38.1. The van der Waals surface area contributed by atoms with Crippen LogP contribution < -0.4 is 0 Å². The van der Waals surface area contributed by atoms with E-state index in [1.54, 1.807) is 12.3 Å². The molecule has 0 aliphatic heterocycles. The van der Waals surface area contributed by atoms with Crippen molar-refractivity contribution in [1.82, 2.24) is 19.5 Å². The number of para-hydroxylation sites is 1. The van der Waals surface area contributed by atoms with Gasteiger partial charge in [-0.15, -0.1) is 42.0 Å². The first kappa shape index (κ1) is 38.5. The van der Waals surface area contributed by atoms with Crippen LogP contribution >= 0.6 is 0 Å². The quantitative estimate of drug-likeness (QED) is 0.156. The van der Waals surface area contributed by atoms with Gasteiger partial charge in [0.1, 0.15) is 5.58 Å². The largest absolute Gasteiger partial charge is 0.501 e. The maximum absolute atomic E-state index is 14.1. The molecule has 4 aromatic heterocycles. The molecule has 0 N–H and O–H groups in total. The monoisotopic (exact) mass is 972 g/mol. The van der Waals surface area contributed by atoms with Crippen molar-refractivity contribution in [1.29, 1.82) is 0 Å². The summed E-state index contributed by atoms with van der Waals surface area (Å²) < 4.78 is 44.8. The van der Waals surface area contributed by atoms with E-state index in [-0.39, 0.29) is 36.6 Å². The van der Waals surface area contributed by atoms with Crippen LogP contribution in [-0.2, 0) is 25.5 Å². The van der Waals surface area contributed by atoms with Gasteiger partial charge in [-0.05, 0) is 75.9 Å². The number of hydrogen-bond acceptors (Lipinski definition) is 4. The number of rotatable bonds is 6. The molecule has 305 valence electrons. The van der Waals surface area contributed by atoms with Crippen molar-refractivity contribution >= 4 is 33.1 Å². The van der Waals surface area contributed by atoms with Gasteiger partial charge < -0.3 is 14.0 Å². The van der Waals surface area contributed by atoms with Crippen molar-refractivity contribution in [2.45, 2.75) is 79.5 Å². The van der Waals surface area contributed by atoms with E-state index in [2.05, 4.69) is 144 Å². The molecule has 0 aliphatic carbocycles. The van der Waals surface area contributed by atoms with Gasteiger partial charge in [0.15, 0.2) is 5.65 Å². The number of halogens is 1. The summed E-state index contributed by atoms with van der Waals surface area (Å²) in [4.78, 5) is 14.3. The molecular formula is C53H49FIrN4O-2. The van der Waals surface area contributed by atoms with E-state index in [1.807, 2.05) is 30.5 Å². The summed E-state index contributed by atoms with van der Waals surface area (Å²) in [5, 5.41) is 2.13. The van der Waals surface area contributed by atoms with Crippen molar-refractivity contribution in [2.24, 2.45) is 0 Å². The fraction of sp³-hybridized carbons (Fsp3) is 0.226. The number of furan rings is 1. The normalized spacial score (nSPS) is 12.6. The fourth-order valence-electron chi connectivity index (χ4n) is 7.55. The van der Waals surface area contributed by atoms with Gasteiger partial charge in [-0.1, -0.05) is 144 Å². The number of benzene rings is 5. The molecule has 0 amide bonds. The van der Waals surface area contributed by atoms with E-state index in [0.717, 1.165) is 67.4 Å². The van der Waals surface area contributed by atoms with Crippen LogP contribution in [0.25, 0.3) is 72.6 Å². The maximum atomic E-state index is 14.1. The fourth-order valence-corrected chi connectivity index (χ4v) is 7.55. The number of imidazole rings is 1. The van der Waals surface area contributed by atoms with Crippen molar-refractivity contribution in [3.05, 3.63) is 167 Å². The summed E-state index contributed by atoms with van der Waals surface area (Å²) in [6.07, 6.45) is 3.55. The topological polar surface area (TPSA) is 56.7 Å². The summed E-state index contributed by atoms with van der Waals surface area (Å²) >= 11 is 0. The van der Waals surface area contributed by atoms with E-state index in [0.29, 0.717) is 17.5 Å². The van der Waals surface area contributed by atoms with Gasteiger partial charge in [0, 0.05) is 53.5 Å². The molecule has 0 atom stereocenters. The Kier molecular flexibility index (Phi) is 10.9. The van der Waals surface area contributed by atoms with Gasteiger partial charge in [-0.25, -0.2) is 4.98 Å². The number of nitrogens with zero attached hydrogens (tertiary/aromatic N) is 4. The Hall–Kier alpha value is -5.75. The smallest absolute Gasteiger partial charge is 0.155 e. The molecule has 0 fully saturated rings. The third-order valence-corrected chi connectivity index (χ3v) is 10.8. The minimum absolute atomic E-state index is 0. The molecule has 0 spiro atoms. The molecule has 0 aliphatic rings. The predicted octanol–water partition coefficient (Wildman–Crippen LogP) is 14.3. The summed E-state index contributed by atoms with van der Waals surface area (Å²) in [6, 6.07) is 41.9. The Morgan fingerprint density at radius 1 is 0.767 bits per heavy atom.